The molecule has 736 valence electrons. The zero-order chi connectivity index (χ0) is 95.9. The number of terminal acetylenes is 1. The molecule has 7 saturated carbocycles. The maximum absolute atomic E-state index is 5.60. The van der Waals surface area contributed by atoms with Crippen molar-refractivity contribution in [1.29, 1.82) is 0 Å². The lowest BCUT2D eigenvalue weighted by molar-refractivity contribution is 0.120. The zero-order valence-electron chi connectivity index (χ0n) is 89.7. The van der Waals surface area contributed by atoms with Crippen LogP contribution in [0.4, 0.5) is 0 Å². The van der Waals surface area contributed by atoms with Gasteiger partial charge in [0.15, 0.2) is 0 Å². The summed E-state index contributed by atoms with van der Waals surface area (Å²) in [4.78, 5) is 18.9. The lowest BCUT2D eigenvalue weighted by atomic mass is 9.77. The van der Waals surface area contributed by atoms with E-state index in [0.29, 0.717) is 54.1 Å². The lowest BCUT2D eigenvalue weighted by Gasteiger charge is -2.39. The number of hydrogen-bond acceptors (Lipinski definition) is 7. The fourth-order valence-corrected chi connectivity index (χ4v) is 27.1. The third-order valence-corrected chi connectivity index (χ3v) is 34.6. The maximum atomic E-state index is 5.60. The molecule has 0 amide bonds. The normalized spacial score (nSPS) is 27.1. The molecule has 7 aliphatic heterocycles. The van der Waals surface area contributed by atoms with Gasteiger partial charge in [-0.25, -0.2) is 0 Å². The lowest BCUT2D eigenvalue weighted by Crippen LogP contribution is -2.41. The van der Waals surface area contributed by atoms with Crippen LogP contribution in [0.3, 0.4) is 0 Å². The summed E-state index contributed by atoms with van der Waals surface area (Å²) in [7, 11) is 0. The molecule has 7 nitrogen and oxygen atoms in total. The molecule has 7 heterocycles. The van der Waals surface area contributed by atoms with Gasteiger partial charge in [0.2, 0.25) is 0 Å². The van der Waals surface area contributed by atoms with Crippen molar-refractivity contribution in [3.8, 4) is 12.3 Å². The zero-order valence-corrected chi connectivity index (χ0v) is 89.7. The summed E-state index contributed by atoms with van der Waals surface area (Å²) < 4.78 is 0. The minimum atomic E-state index is 0.239. The highest BCUT2D eigenvalue weighted by molar-refractivity contribution is 5.44. The Hall–Kier alpha value is -6.18. The van der Waals surface area contributed by atoms with E-state index in [-0.39, 0.29) is 38.8 Å². The molecule has 0 spiro atoms. The molecule has 21 rings (SSSR count). The maximum Gasteiger partial charge on any atom is 0.0356 e. The van der Waals surface area contributed by atoms with E-state index in [2.05, 4.69) is 362 Å². The Kier molecular flexibility index (Phi) is 34.0. The molecule has 7 aromatic carbocycles. The SMILES string of the molecule is C#CC1CC1c1ccccc1C1CCCN1C(C)(C)C.CC(C)(C)N1CCCC1c1ccccc1C1CCC1.CC(C)(C)N1CCCC1c1ccccc1C1CCCC1.CC(C)(C)N1CCCC1c1ccccc1C1CCCCC1.CC(C)(C)N1CCC[C@@H]1c1ccccc1C1CC1.CC(C)(C)N1CCC[C@H]1c1ccccc1C1CC1.CC1CC1c1ccccc1C1CCCN1C(C)(C)C. The number of benzene rings is 7. The molecule has 135 heavy (non-hydrogen) atoms. The van der Waals surface area contributed by atoms with Gasteiger partial charge in [-0.3, -0.25) is 34.3 Å². The molecule has 7 heteroatoms. The molecule has 7 saturated heterocycles. The van der Waals surface area contributed by atoms with Crippen LogP contribution < -0.4 is 0 Å². The minimum Gasteiger partial charge on any atom is -0.291 e. The van der Waals surface area contributed by atoms with Gasteiger partial charge in [0, 0.05) is 87.0 Å². The van der Waals surface area contributed by atoms with E-state index in [4.69, 9.17) is 6.42 Å². The molecular formula is C128H189N7. The first-order chi connectivity index (χ1) is 64.4. The Morgan fingerprint density at radius 3 is 0.541 bits per heavy atom. The molecule has 0 aromatic heterocycles. The van der Waals surface area contributed by atoms with E-state index in [0.717, 1.165) is 41.4 Å². The predicted molar refractivity (Wildman–Crippen MR) is 578 cm³/mol. The third kappa shape index (κ3) is 25.8. The van der Waals surface area contributed by atoms with Crippen LogP contribution in [0, 0.1) is 24.2 Å². The third-order valence-electron chi connectivity index (χ3n) is 34.6. The predicted octanol–water partition coefficient (Wildman–Crippen LogP) is 33.9. The molecule has 0 radical (unpaired) electrons. The molecule has 0 bridgehead atoms. The van der Waals surface area contributed by atoms with Gasteiger partial charge < -0.3 is 0 Å². The molecule has 7 aromatic rings. The van der Waals surface area contributed by atoms with Crippen molar-refractivity contribution in [3.63, 3.8) is 0 Å². The summed E-state index contributed by atoms with van der Waals surface area (Å²) in [5, 5.41) is 0. The van der Waals surface area contributed by atoms with Gasteiger partial charge in [-0.1, -0.05) is 215 Å². The van der Waals surface area contributed by atoms with Crippen molar-refractivity contribution in [2.24, 2.45) is 11.8 Å². The first-order valence-electron chi connectivity index (χ1n) is 55.8. The molecule has 14 fully saturated rings. The van der Waals surface area contributed by atoms with Crippen LogP contribution in [0.1, 0.15) is 519 Å². The smallest absolute Gasteiger partial charge is 0.0356 e. The fourth-order valence-electron chi connectivity index (χ4n) is 27.1. The van der Waals surface area contributed by atoms with Gasteiger partial charge in [0.05, 0.1) is 0 Å². The molecule has 0 N–H and O–H groups in total. The molecule has 11 atom stereocenters. The van der Waals surface area contributed by atoms with Crippen molar-refractivity contribution < 1.29 is 0 Å². The first kappa shape index (κ1) is 103. The summed E-state index contributed by atoms with van der Waals surface area (Å²) in [5.41, 5.74) is 24.6. The summed E-state index contributed by atoms with van der Waals surface area (Å²) in [6.45, 7) is 60.6. The topological polar surface area (TPSA) is 22.7 Å². The van der Waals surface area contributed by atoms with Crippen LogP contribution in [0.15, 0.2) is 170 Å². The van der Waals surface area contributed by atoms with Crippen LogP contribution in [0.5, 0.6) is 0 Å². The first-order valence-corrected chi connectivity index (χ1v) is 55.8. The summed E-state index contributed by atoms with van der Waals surface area (Å²) in [6.07, 6.45) is 49.4. The Balaban J connectivity index is 0.000000120. The molecule has 9 unspecified atom stereocenters. The van der Waals surface area contributed by atoms with Gasteiger partial charge in [0.1, 0.15) is 0 Å². The van der Waals surface area contributed by atoms with Crippen molar-refractivity contribution in [3.05, 3.63) is 248 Å². The van der Waals surface area contributed by atoms with Gasteiger partial charge in [-0.05, 0) is 483 Å². The minimum absolute atomic E-state index is 0.239. The van der Waals surface area contributed by atoms with Crippen LogP contribution in [0.2, 0.25) is 0 Å². The highest BCUT2D eigenvalue weighted by Gasteiger charge is 2.47. The highest BCUT2D eigenvalue weighted by Crippen LogP contribution is 2.56. The highest BCUT2D eigenvalue weighted by atomic mass is 15.3. The second kappa shape index (κ2) is 44.5. The van der Waals surface area contributed by atoms with E-state index in [9.17, 15) is 0 Å². The average molecular weight is 1830 g/mol. The van der Waals surface area contributed by atoms with Gasteiger partial charge >= 0.3 is 0 Å². The fraction of sp³-hybridized carbons (Fsp3) is 0.656. The number of rotatable bonds is 14. The van der Waals surface area contributed by atoms with E-state index in [1.165, 1.54) is 262 Å². The Labute approximate surface area is 826 Å². The van der Waals surface area contributed by atoms with Gasteiger partial charge in [-0.15, -0.1) is 12.3 Å². The summed E-state index contributed by atoms with van der Waals surface area (Å²) in [6, 6.07) is 68.9. The van der Waals surface area contributed by atoms with Crippen LogP contribution in [-0.4, -0.2) is 119 Å². The quantitative estimate of drug-likeness (QED) is 0.1000. The van der Waals surface area contributed by atoms with Crippen LogP contribution in [-0.2, 0) is 0 Å². The molecular weight excluding hydrogens is 1640 g/mol. The number of nitrogens with zero attached hydrogens (tertiary/aromatic N) is 7. The Bertz CT molecular complexity index is 4760. The van der Waals surface area contributed by atoms with Crippen molar-refractivity contribution in [2.45, 2.75) is 480 Å². The van der Waals surface area contributed by atoms with Gasteiger partial charge in [-0.2, -0.15) is 0 Å². The van der Waals surface area contributed by atoms with Crippen molar-refractivity contribution >= 4 is 0 Å². The summed E-state index contributed by atoms with van der Waals surface area (Å²) in [5.74, 6) is 9.96. The van der Waals surface area contributed by atoms with Crippen molar-refractivity contribution in [2.75, 3.05) is 45.8 Å². The van der Waals surface area contributed by atoms with E-state index >= 15 is 0 Å². The van der Waals surface area contributed by atoms with Crippen molar-refractivity contribution in [1.82, 2.24) is 34.3 Å². The second-order valence-electron chi connectivity index (χ2n) is 51.5. The second-order valence-corrected chi connectivity index (χ2v) is 51.5. The average Bonchev–Trinajstić information content (AvgIpc) is 1.62. The standard InChI is InChI=1S/C20H31N.C19H29N.C19H25N.2C18H27N.2C17H25N/c1-20(2,3)21-15-9-14-19(21)18-13-8-7-12-17(18)16-10-5-4-6-11-16;1-19(2,3)20-14-8-13-18(20)17-12-7-6-11-16(17)15-9-4-5-10-15;1-5-14-13-17(14)15-9-6-7-10-16(15)18-11-8-12-20(18)19(2,3)4;1-13-12-16(13)14-8-5-6-9-15(14)17-10-7-11-19(17)18(2,3)4;1-18(2,3)19-13-7-12-17(19)16-11-5-4-10-15(16)14-8-6-9-14;2*1-17(2,3)18-12-6-9-16(18)15-8-5-4-7-14(15)13-10-11-13/h7-8,12-13,16,19H,4-6,9-11,14-15H2,1-3H3;6-7,11-12,15,18H,4-5,8-10,13-14H2,1-3H3;1,6-7,9-10,14,17-18H,8,11-13H2,2-4H3;5-6,8-9,13,16-17H,7,10-12H2,1-4H3;4-5,10-11,14,17H,6-9,12-13H2,1-3H3;2*4-5,7-8,13,16H,6,9-12H2,1-3H3/t;;;;;2*16-/m.....10/s1. The Morgan fingerprint density at radius 2 is 0.370 bits per heavy atom. The van der Waals surface area contributed by atoms with Crippen LogP contribution in [0.25, 0.3) is 0 Å². The monoisotopic (exact) mass is 1820 g/mol. The Morgan fingerprint density at radius 1 is 0.200 bits per heavy atom. The van der Waals surface area contributed by atoms with E-state index < -0.39 is 0 Å². The van der Waals surface area contributed by atoms with E-state index in [1.54, 1.807) is 66.8 Å². The largest absolute Gasteiger partial charge is 0.291 e. The van der Waals surface area contributed by atoms with Crippen LogP contribution >= 0.6 is 0 Å². The number of likely N-dealkylation sites (tertiary alicyclic amines) is 7. The molecule has 7 aliphatic carbocycles. The van der Waals surface area contributed by atoms with Gasteiger partial charge in [0.25, 0.3) is 0 Å². The summed E-state index contributed by atoms with van der Waals surface area (Å²) >= 11 is 0. The number of hydrogen-bond donors (Lipinski definition) is 0. The van der Waals surface area contributed by atoms with E-state index in [1.807, 2.05) is 0 Å². The molecule has 14 aliphatic rings.